The largest absolute Gasteiger partial charge is 0.341 e. The van der Waals surface area contributed by atoms with Crippen molar-refractivity contribution < 1.29 is 9.32 Å². The first kappa shape index (κ1) is 9.64. The second kappa shape index (κ2) is 4.08. The molecule has 1 atom stereocenters. The highest BCUT2D eigenvalue weighted by atomic mass is 79.9. The highest BCUT2D eigenvalue weighted by Crippen LogP contribution is 2.18. The van der Waals surface area contributed by atoms with E-state index in [-0.39, 0.29) is 10.7 Å². The molecule has 0 spiro atoms. The normalized spacial score (nSPS) is 21.9. The fourth-order valence-corrected chi connectivity index (χ4v) is 1.95. The van der Waals surface area contributed by atoms with Gasteiger partial charge in [0.25, 0.3) is 0 Å². The molecule has 1 aliphatic heterocycles. The maximum atomic E-state index is 11.5. The summed E-state index contributed by atoms with van der Waals surface area (Å²) >= 11 is 3.32. The maximum Gasteiger partial charge on any atom is 0.236 e. The van der Waals surface area contributed by atoms with Gasteiger partial charge in [0.15, 0.2) is 6.33 Å². The van der Waals surface area contributed by atoms with Crippen LogP contribution in [0.15, 0.2) is 10.9 Å². The molecule has 1 aromatic heterocycles. The molecule has 1 amide bonds. The van der Waals surface area contributed by atoms with E-state index in [1.807, 2.05) is 4.90 Å². The zero-order chi connectivity index (χ0) is 9.97. The standard InChI is InChI=1S/C8H10BrN3O2/c9-6-1-3-12(8(6)13)4-2-7-10-5-11-14-7/h5-6H,1-4H2. The Kier molecular flexibility index (Phi) is 2.81. The lowest BCUT2D eigenvalue weighted by Crippen LogP contribution is -2.29. The summed E-state index contributed by atoms with van der Waals surface area (Å²) in [6.45, 7) is 1.46. The average molecular weight is 260 g/mol. The number of hydrogen-bond donors (Lipinski definition) is 0. The molecular formula is C8H10BrN3O2. The first-order chi connectivity index (χ1) is 6.77. The molecule has 0 aromatic carbocycles. The van der Waals surface area contributed by atoms with Gasteiger partial charge in [-0.2, -0.15) is 4.98 Å². The van der Waals surface area contributed by atoms with Gasteiger partial charge in [0.05, 0.1) is 4.83 Å². The molecule has 1 aliphatic rings. The Balaban J connectivity index is 1.84. The van der Waals surface area contributed by atoms with E-state index >= 15 is 0 Å². The van der Waals surface area contributed by atoms with Gasteiger partial charge < -0.3 is 9.42 Å². The number of alkyl halides is 1. The summed E-state index contributed by atoms with van der Waals surface area (Å²) in [7, 11) is 0. The van der Waals surface area contributed by atoms with Gasteiger partial charge in [0.2, 0.25) is 11.8 Å². The van der Waals surface area contributed by atoms with Crippen LogP contribution in [0.2, 0.25) is 0 Å². The third-order valence-electron chi connectivity index (χ3n) is 2.23. The monoisotopic (exact) mass is 259 g/mol. The number of carbonyl (C=O) groups excluding carboxylic acids is 1. The van der Waals surface area contributed by atoms with Crippen molar-refractivity contribution in [2.75, 3.05) is 13.1 Å². The van der Waals surface area contributed by atoms with Crippen molar-refractivity contribution in [3.63, 3.8) is 0 Å². The smallest absolute Gasteiger partial charge is 0.236 e. The Morgan fingerprint density at radius 2 is 2.57 bits per heavy atom. The van der Waals surface area contributed by atoms with Crippen LogP contribution in [0.4, 0.5) is 0 Å². The first-order valence-electron chi connectivity index (χ1n) is 4.46. The van der Waals surface area contributed by atoms with Crippen LogP contribution in [-0.2, 0) is 11.2 Å². The molecule has 6 heteroatoms. The van der Waals surface area contributed by atoms with Crippen LogP contribution in [0.25, 0.3) is 0 Å². The van der Waals surface area contributed by atoms with Gasteiger partial charge >= 0.3 is 0 Å². The van der Waals surface area contributed by atoms with E-state index in [0.29, 0.717) is 18.9 Å². The second-order valence-corrected chi connectivity index (χ2v) is 4.27. The van der Waals surface area contributed by atoms with Crippen molar-refractivity contribution >= 4 is 21.8 Å². The summed E-state index contributed by atoms with van der Waals surface area (Å²) in [5.41, 5.74) is 0. The zero-order valence-corrected chi connectivity index (χ0v) is 9.11. The third-order valence-corrected chi connectivity index (χ3v) is 3.08. The summed E-state index contributed by atoms with van der Waals surface area (Å²) in [6.07, 6.45) is 2.88. The van der Waals surface area contributed by atoms with Crippen molar-refractivity contribution in [1.29, 1.82) is 0 Å². The Morgan fingerprint density at radius 3 is 3.14 bits per heavy atom. The van der Waals surface area contributed by atoms with Crippen LogP contribution >= 0.6 is 15.9 Å². The Morgan fingerprint density at radius 1 is 1.71 bits per heavy atom. The zero-order valence-electron chi connectivity index (χ0n) is 7.52. The first-order valence-corrected chi connectivity index (χ1v) is 5.37. The molecular weight excluding hydrogens is 250 g/mol. The minimum Gasteiger partial charge on any atom is -0.341 e. The number of hydrogen-bond acceptors (Lipinski definition) is 4. The van der Waals surface area contributed by atoms with Crippen molar-refractivity contribution in [2.24, 2.45) is 0 Å². The number of rotatable bonds is 3. The fraction of sp³-hybridized carbons (Fsp3) is 0.625. The Hall–Kier alpha value is -0.910. The predicted octanol–water partition coefficient (Wildman–Crippen LogP) is 0.608. The molecule has 1 aromatic rings. The lowest BCUT2D eigenvalue weighted by atomic mass is 10.4. The SMILES string of the molecule is O=C1C(Br)CCN1CCc1ncno1. The van der Waals surface area contributed by atoms with E-state index in [1.165, 1.54) is 6.33 Å². The van der Waals surface area contributed by atoms with Gasteiger partial charge in [-0.15, -0.1) is 0 Å². The summed E-state index contributed by atoms with van der Waals surface area (Å²) in [5, 5.41) is 3.50. The molecule has 1 unspecified atom stereocenters. The number of amides is 1. The molecule has 14 heavy (non-hydrogen) atoms. The molecule has 0 N–H and O–H groups in total. The van der Waals surface area contributed by atoms with Gasteiger partial charge in [0.1, 0.15) is 0 Å². The van der Waals surface area contributed by atoms with E-state index in [1.54, 1.807) is 0 Å². The molecule has 0 aliphatic carbocycles. The number of carbonyl (C=O) groups is 1. The van der Waals surface area contributed by atoms with Crippen LogP contribution in [-0.4, -0.2) is 38.9 Å². The Labute approximate surface area is 89.6 Å². The van der Waals surface area contributed by atoms with E-state index < -0.39 is 0 Å². The summed E-state index contributed by atoms with van der Waals surface area (Å²) < 4.78 is 4.84. The van der Waals surface area contributed by atoms with Gasteiger partial charge in [-0.1, -0.05) is 21.1 Å². The van der Waals surface area contributed by atoms with Crippen molar-refractivity contribution in [1.82, 2.24) is 15.0 Å². The lowest BCUT2D eigenvalue weighted by molar-refractivity contribution is -0.127. The van der Waals surface area contributed by atoms with Gasteiger partial charge in [-0.3, -0.25) is 4.79 Å². The van der Waals surface area contributed by atoms with Gasteiger partial charge in [0, 0.05) is 19.5 Å². The molecule has 1 saturated heterocycles. The van der Waals surface area contributed by atoms with Crippen LogP contribution < -0.4 is 0 Å². The minimum atomic E-state index is -0.00909. The molecule has 0 radical (unpaired) electrons. The number of nitrogens with zero attached hydrogens (tertiary/aromatic N) is 3. The molecule has 76 valence electrons. The van der Waals surface area contributed by atoms with Crippen LogP contribution in [0.1, 0.15) is 12.3 Å². The summed E-state index contributed by atoms with van der Waals surface area (Å²) in [5.74, 6) is 0.736. The molecule has 2 heterocycles. The Bertz CT molecular complexity index is 314. The molecule has 5 nitrogen and oxygen atoms in total. The average Bonchev–Trinajstić information content (AvgIpc) is 2.77. The number of aromatic nitrogens is 2. The fourth-order valence-electron chi connectivity index (χ4n) is 1.46. The maximum absolute atomic E-state index is 11.5. The van der Waals surface area contributed by atoms with E-state index in [2.05, 4.69) is 26.1 Å². The van der Waals surface area contributed by atoms with Crippen LogP contribution in [0.5, 0.6) is 0 Å². The molecule has 2 rings (SSSR count). The lowest BCUT2D eigenvalue weighted by Gasteiger charge is -2.13. The molecule has 0 saturated carbocycles. The van der Waals surface area contributed by atoms with Crippen molar-refractivity contribution in [2.45, 2.75) is 17.7 Å². The number of likely N-dealkylation sites (tertiary alicyclic amines) is 1. The minimum absolute atomic E-state index is 0.00909. The summed E-state index contributed by atoms with van der Waals surface area (Å²) in [4.78, 5) is 17.2. The van der Waals surface area contributed by atoms with E-state index in [0.717, 1.165) is 13.0 Å². The van der Waals surface area contributed by atoms with Crippen LogP contribution in [0, 0.1) is 0 Å². The third kappa shape index (κ3) is 1.95. The highest BCUT2D eigenvalue weighted by molar-refractivity contribution is 9.10. The molecule has 0 bridgehead atoms. The van der Waals surface area contributed by atoms with E-state index in [4.69, 9.17) is 4.52 Å². The second-order valence-electron chi connectivity index (χ2n) is 3.17. The quantitative estimate of drug-likeness (QED) is 0.747. The van der Waals surface area contributed by atoms with E-state index in [9.17, 15) is 4.79 Å². The van der Waals surface area contributed by atoms with Crippen molar-refractivity contribution in [3.8, 4) is 0 Å². The predicted molar refractivity (Wildman–Crippen MR) is 51.9 cm³/mol. The molecule has 1 fully saturated rings. The van der Waals surface area contributed by atoms with Crippen LogP contribution in [0.3, 0.4) is 0 Å². The van der Waals surface area contributed by atoms with Gasteiger partial charge in [-0.05, 0) is 6.42 Å². The topological polar surface area (TPSA) is 59.2 Å². The van der Waals surface area contributed by atoms with Crippen molar-refractivity contribution in [3.05, 3.63) is 12.2 Å². The highest BCUT2D eigenvalue weighted by Gasteiger charge is 2.28. The number of halogens is 1. The summed E-state index contributed by atoms with van der Waals surface area (Å²) in [6, 6.07) is 0. The van der Waals surface area contributed by atoms with Gasteiger partial charge in [-0.25, -0.2) is 0 Å².